The molecule has 1 aliphatic carbocycles. The molecule has 0 bridgehead atoms. The van der Waals surface area contributed by atoms with Gasteiger partial charge < -0.3 is 15.8 Å². The topological polar surface area (TPSA) is 82.2 Å². The molecule has 1 heterocycles. The van der Waals surface area contributed by atoms with Crippen LogP contribution in [0.1, 0.15) is 32.1 Å². The van der Waals surface area contributed by atoms with Crippen molar-refractivity contribution in [3.05, 3.63) is 0 Å². The highest BCUT2D eigenvalue weighted by atomic mass is 16.4. The fraction of sp³-hybridized carbons (Fsp3) is 0.833. The Morgan fingerprint density at radius 2 is 1.83 bits per heavy atom. The van der Waals surface area contributed by atoms with Gasteiger partial charge in [-0.15, -0.1) is 0 Å². The minimum Gasteiger partial charge on any atom is -0.409 e. The average molecular weight is 254 g/mol. The van der Waals surface area contributed by atoms with Gasteiger partial charge in [-0.25, -0.2) is 0 Å². The molecule has 2 aliphatic rings. The lowest BCUT2D eigenvalue weighted by atomic mass is 10.1. The largest absolute Gasteiger partial charge is 0.409 e. The lowest BCUT2D eigenvalue weighted by Crippen LogP contribution is -2.51. The molecule has 0 aromatic carbocycles. The van der Waals surface area contributed by atoms with Gasteiger partial charge in [0.25, 0.3) is 0 Å². The predicted molar refractivity (Wildman–Crippen MR) is 68.4 cm³/mol. The summed E-state index contributed by atoms with van der Waals surface area (Å²) >= 11 is 0. The first-order valence-electron chi connectivity index (χ1n) is 6.69. The quantitative estimate of drug-likeness (QED) is 0.326. The van der Waals surface area contributed by atoms with Crippen molar-refractivity contribution in [2.45, 2.75) is 38.1 Å². The third kappa shape index (κ3) is 3.13. The van der Waals surface area contributed by atoms with E-state index in [1.807, 2.05) is 4.90 Å². The standard InChI is InChI=1S/C12H22N4O2/c13-11(14-18)9-12(17)16-7-5-15(6-8-16)10-3-1-2-4-10/h10,18H,1-9H2,(H2,13,14). The van der Waals surface area contributed by atoms with Gasteiger partial charge in [0.2, 0.25) is 5.91 Å². The summed E-state index contributed by atoms with van der Waals surface area (Å²) in [5, 5.41) is 11.3. The lowest BCUT2D eigenvalue weighted by molar-refractivity contribution is -0.132. The summed E-state index contributed by atoms with van der Waals surface area (Å²) in [7, 11) is 0. The van der Waals surface area contributed by atoms with E-state index in [-0.39, 0.29) is 18.2 Å². The Morgan fingerprint density at radius 1 is 1.22 bits per heavy atom. The van der Waals surface area contributed by atoms with Gasteiger partial charge in [-0.1, -0.05) is 18.0 Å². The van der Waals surface area contributed by atoms with Gasteiger partial charge in [-0.05, 0) is 12.8 Å². The van der Waals surface area contributed by atoms with Crippen molar-refractivity contribution in [1.82, 2.24) is 9.80 Å². The first-order chi connectivity index (χ1) is 8.70. The molecule has 6 nitrogen and oxygen atoms in total. The van der Waals surface area contributed by atoms with E-state index in [0.717, 1.165) is 32.2 Å². The highest BCUT2D eigenvalue weighted by Crippen LogP contribution is 2.24. The molecule has 0 spiro atoms. The Kier molecular flexibility index (Phi) is 4.41. The fourth-order valence-electron chi connectivity index (χ4n) is 2.91. The first kappa shape index (κ1) is 13.1. The molecule has 1 amide bonds. The maximum absolute atomic E-state index is 11.8. The number of hydrogen-bond acceptors (Lipinski definition) is 4. The monoisotopic (exact) mass is 254 g/mol. The number of nitrogens with two attached hydrogens (primary N) is 1. The molecule has 1 saturated heterocycles. The van der Waals surface area contributed by atoms with Gasteiger partial charge >= 0.3 is 0 Å². The number of hydrogen-bond donors (Lipinski definition) is 2. The van der Waals surface area contributed by atoms with Gasteiger partial charge in [-0.3, -0.25) is 9.69 Å². The number of amides is 1. The summed E-state index contributed by atoms with van der Waals surface area (Å²) in [6.07, 6.45) is 5.30. The molecule has 0 atom stereocenters. The smallest absolute Gasteiger partial charge is 0.230 e. The average Bonchev–Trinajstić information content (AvgIpc) is 2.92. The molecular formula is C12H22N4O2. The van der Waals surface area contributed by atoms with E-state index < -0.39 is 0 Å². The van der Waals surface area contributed by atoms with Crippen molar-refractivity contribution < 1.29 is 10.0 Å². The second kappa shape index (κ2) is 6.04. The maximum atomic E-state index is 11.8. The first-order valence-corrected chi connectivity index (χ1v) is 6.69. The summed E-state index contributed by atoms with van der Waals surface area (Å²) in [6.45, 7) is 3.42. The molecule has 2 rings (SSSR count). The molecule has 0 aromatic heterocycles. The Balaban J connectivity index is 1.77. The van der Waals surface area contributed by atoms with Crippen molar-refractivity contribution in [3.63, 3.8) is 0 Å². The van der Waals surface area contributed by atoms with Crippen LogP contribution in [0, 0.1) is 0 Å². The summed E-state index contributed by atoms with van der Waals surface area (Å²) in [4.78, 5) is 16.1. The number of carbonyl (C=O) groups excluding carboxylic acids is 1. The molecule has 18 heavy (non-hydrogen) atoms. The maximum Gasteiger partial charge on any atom is 0.230 e. The van der Waals surface area contributed by atoms with Gasteiger partial charge in [0, 0.05) is 32.2 Å². The van der Waals surface area contributed by atoms with Gasteiger partial charge in [-0.2, -0.15) is 0 Å². The molecular weight excluding hydrogens is 232 g/mol. The Hall–Kier alpha value is -1.30. The van der Waals surface area contributed by atoms with Crippen molar-refractivity contribution in [3.8, 4) is 0 Å². The molecule has 0 aromatic rings. The molecule has 0 radical (unpaired) electrons. The van der Waals surface area contributed by atoms with Crippen LogP contribution < -0.4 is 5.73 Å². The number of carbonyl (C=O) groups is 1. The zero-order chi connectivity index (χ0) is 13.0. The number of rotatable bonds is 3. The normalized spacial score (nSPS) is 23.6. The third-order valence-electron chi connectivity index (χ3n) is 3.97. The van der Waals surface area contributed by atoms with Crippen molar-refractivity contribution >= 4 is 11.7 Å². The molecule has 0 unspecified atom stereocenters. The highest BCUT2D eigenvalue weighted by molar-refractivity contribution is 5.98. The number of piperazine rings is 1. The zero-order valence-electron chi connectivity index (χ0n) is 10.7. The number of amidine groups is 1. The van der Waals surface area contributed by atoms with Crippen LogP contribution in [0.15, 0.2) is 5.16 Å². The van der Waals surface area contributed by atoms with Crippen LogP contribution in [-0.4, -0.2) is 59.0 Å². The molecule has 102 valence electrons. The second-order valence-corrected chi connectivity index (χ2v) is 5.12. The van der Waals surface area contributed by atoms with Crippen LogP contribution in [0.5, 0.6) is 0 Å². The summed E-state index contributed by atoms with van der Waals surface area (Å²) in [5.41, 5.74) is 5.35. The van der Waals surface area contributed by atoms with E-state index >= 15 is 0 Å². The van der Waals surface area contributed by atoms with Crippen LogP contribution in [0.2, 0.25) is 0 Å². The Bertz CT molecular complexity index is 318. The highest BCUT2D eigenvalue weighted by Gasteiger charge is 2.27. The van der Waals surface area contributed by atoms with Crippen LogP contribution in [0.4, 0.5) is 0 Å². The van der Waals surface area contributed by atoms with E-state index in [1.165, 1.54) is 25.7 Å². The summed E-state index contributed by atoms with van der Waals surface area (Å²) in [5.74, 6) is -0.0606. The minimum absolute atomic E-state index is 0.0138. The van der Waals surface area contributed by atoms with Crippen molar-refractivity contribution in [2.24, 2.45) is 10.9 Å². The Morgan fingerprint density at radius 3 is 2.39 bits per heavy atom. The lowest BCUT2D eigenvalue weighted by Gasteiger charge is -2.38. The number of oxime groups is 1. The third-order valence-corrected chi connectivity index (χ3v) is 3.97. The van der Waals surface area contributed by atoms with E-state index in [1.54, 1.807) is 0 Å². The fourth-order valence-corrected chi connectivity index (χ4v) is 2.91. The molecule has 6 heteroatoms. The van der Waals surface area contributed by atoms with E-state index in [4.69, 9.17) is 10.9 Å². The summed E-state index contributed by atoms with van der Waals surface area (Å²) < 4.78 is 0. The molecule has 1 aliphatic heterocycles. The van der Waals surface area contributed by atoms with Crippen LogP contribution in [-0.2, 0) is 4.79 Å². The van der Waals surface area contributed by atoms with Gasteiger partial charge in [0.05, 0.1) is 6.42 Å². The molecule has 1 saturated carbocycles. The van der Waals surface area contributed by atoms with Crippen molar-refractivity contribution in [1.29, 1.82) is 0 Å². The van der Waals surface area contributed by atoms with Crippen molar-refractivity contribution in [2.75, 3.05) is 26.2 Å². The molecule has 3 N–H and O–H groups in total. The summed E-state index contributed by atoms with van der Waals surface area (Å²) in [6, 6.07) is 0.728. The van der Waals surface area contributed by atoms with Crippen LogP contribution >= 0.6 is 0 Å². The predicted octanol–water partition coefficient (Wildman–Crippen LogP) is 0.210. The van der Waals surface area contributed by atoms with Crippen LogP contribution in [0.3, 0.4) is 0 Å². The number of nitrogens with zero attached hydrogens (tertiary/aromatic N) is 3. The van der Waals surface area contributed by atoms with E-state index in [0.29, 0.717) is 0 Å². The second-order valence-electron chi connectivity index (χ2n) is 5.12. The van der Waals surface area contributed by atoms with Crippen LogP contribution in [0.25, 0.3) is 0 Å². The SMILES string of the molecule is NC(CC(=O)N1CCN(C2CCCC2)CC1)=NO. The minimum atomic E-state index is -0.0450. The van der Waals surface area contributed by atoms with Gasteiger partial charge in [0.15, 0.2) is 0 Å². The Labute approximate surface area is 107 Å². The van der Waals surface area contributed by atoms with E-state index in [9.17, 15) is 4.79 Å². The molecule has 2 fully saturated rings. The van der Waals surface area contributed by atoms with E-state index in [2.05, 4.69) is 10.1 Å². The van der Waals surface area contributed by atoms with Gasteiger partial charge in [0.1, 0.15) is 5.84 Å². The zero-order valence-corrected chi connectivity index (χ0v) is 10.7.